The number of hydrogen-bond acceptors (Lipinski definition) is 3. The number of thiophene rings is 1. The van der Waals surface area contributed by atoms with E-state index in [0.717, 1.165) is 33.2 Å². The lowest BCUT2D eigenvalue weighted by atomic mass is 10.0. The van der Waals surface area contributed by atoms with Gasteiger partial charge in [-0.1, -0.05) is 36.4 Å². The highest BCUT2D eigenvalue weighted by molar-refractivity contribution is 7.13. The summed E-state index contributed by atoms with van der Waals surface area (Å²) < 4.78 is 0. The van der Waals surface area contributed by atoms with Crippen LogP contribution in [0.15, 0.2) is 60.2 Å². The largest absolute Gasteiger partial charge is 0.344 e. The molecule has 0 aliphatic carbocycles. The summed E-state index contributed by atoms with van der Waals surface area (Å²) in [6.07, 6.45) is 3.59. The Balaban J connectivity index is 1.97. The van der Waals surface area contributed by atoms with Crippen molar-refractivity contribution in [2.75, 3.05) is 0 Å². The SMILES string of the molecule is c1ccc(-c2n[nH]c(-c3cccs3)c2-c2ncc[nH]2)cc1. The zero-order valence-electron chi connectivity index (χ0n) is 11.1. The van der Waals surface area contributed by atoms with E-state index in [2.05, 4.69) is 43.7 Å². The first-order chi connectivity index (χ1) is 10.4. The van der Waals surface area contributed by atoms with Crippen LogP contribution in [0.3, 0.4) is 0 Å². The molecule has 0 unspecified atom stereocenters. The average Bonchev–Trinajstić information content (AvgIpc) is 3.27. The third kappa shape index (κ3) is 2.08. The highest BCUT2D eigenvalue weighted by atomic mass is 32.1. The third-order valence-electron chi connectivity index (χ3n) is 3.32. The maximum absolute atomic E-state index is 4.52. The van der Waals surface area contributed by atoms with E-state index in [-0.39, 0.29) is 0 Å². The van der Waals surface area contributed by atoms with Crippen LogP contribution in [-0.2, 0) is 0 Å². The number of nitrogens with zero attached hydrogens (tertiary/aromatic N) is 2. The van der Waals surface area contributed by atoms with Gasteiger partial charge in [-0.05, 0) is 11.4 Å². The fourth-order valence-electron chi connectivity index (χ4n) is 2.38. The molecule has 102 valence electrons. The molecular formula is C16H12N4S. The van der Waals surface area contributed by atoms with Gasteiger partial charge in [-0.2, -0.15) is 5.10 Å². The summed E-state index contributed by atoms with van der Waals surface area (Å²) in [7, 11) is 0. The van der Waals surface area contributed by atoms with Crippen molar-refractivity contribution in [2.24, 2.45) is 0 Å². The summed E-state index contributed by atoms with van der Waals surface area (Å²) >= 11 is 1.68. The summed E-state index contributed by atoms with van der Waals surface area (Å²) in [5.41, 5.74) is 3.99. The van der Waals surface area contributed by atoms with Crippen molar-refractivity contribution in [2.45, 2.75) is 0 Å². The number of rotatable bonds is 3. The van der Waals surface area contributed by atoms with Crippen LogP contribution in [0.5, 0.6) is 0 Å². The Morgan fingerprint density at radius 2 is 1.90 bits per heavy atom. The Morgan fingerprint density at radius 3 is 2.62 bits per heavy atom. The van der Waals surface area contributed by atoms with Crippen LogP contribution in [0.4, 0.5) is 0 Å². The van der Waals surface area contributed by atoms with Gasteiger partial charge < -0.3 is 4.98 Å². The summed E-state index contributed by atoms with van der Waals surface area (Å²) in [5.74, 6) is 0.825. The standard InChI is InChI=1S/C16H12N4S/c1-2-5-11(6-3-1)14-13(16-17-8-9-18-16)15(20-19-14)12-7-4-10-21-12/h1-10H,(H,17,18)(H,19,20). The van der Waals surface area contributed by atoms with Gasteiger partial charge in [0.05, 0.1) is 16.1 Å². The molecule has 0 saturated heterocycles. The molecule has 5 heteroatoms. The Bertz CT molecular complexity index is 830. The monoisotopic (exact) mass is 292 g/mol. The van der Waals surface area contributed by atoms with E-state index < -0.39 is 0 Å². The van der Waals surface area contributed by atoms with E-state index in [0.29, 0.717) is 0 Å². The molecule has 0 aliphatic rings. The molecule has 1 aromatic carbocycles. The van der Waals surface area contributed by atoms with Crippen molar-refractivity contribution < 1.29 is 0 Å². The lowest BCUT2D eigenvalue weighted by Crippen LogP contribution is -1.86. The van der Waals surface area contributed by atoms with Gasteiger partial charge in [0.2, 0.25) is 0 Å². The topological polar surface area (TPSA) is 57.4 Å². The molecule has 3 heterocycles. The highest BCUT2D eigenvalue weighted by Crippen LogP contribution is 2.37. The van der Waals surface area contributed by atoms with E-state index in [9.17, 15) is 0 Å². The van der Waals surface area contributed by atoms with Crippen molar-refractivity contribution in [3.8, 4) is 33.2 Å². The summed E-state index contributed by atoms with van der Waals surface area (Å²) in [6, 6.07) is 14.3. The minimum Gasteiger partial charge on any atom is -0.344 e. The summed E-state index contributed by atoms with van der Waals surface area (Å²) in [6.45, 7) is 0. The van der Waals surface area contributed by atoms with E-state index in [4.69, 9.17) is 0 Å². The fourth-order valence-corrected chi connectivity index (χ4v) is 3.11. The van der Waals surface area contributed by atoms with E-state index in [1.807, 2.05) is 30.5 Å². The normalized spacial score (nSPS) is 10.9. The van der Waals surface area contributed by atoms with Gasteiger partial charge in [-0.3, -0.25) is 5.10 Å². The van der Waals surface area contributed by atoms with Crippen molar-refractivity contribution in [1.82, 2.24) is 20.2 Å². The van der Waals surface area contributed by atoms with E-state index >= 15 is 0 Å². The number of hydrogen-bond donors (Lipinski definition) is 2. The predicted octanol–water partition coefficient (Wildman–Crippen LogP) is 4.20. The maximum Gasteiger partial charge on any atom is 0.141 e. The highest BCUT2D eigenvalue weighted by Gasteiger charge is 2.19. The van der Waals surface area contributed by atoms with Gasteiger partial charge in [0, 0.05) is 18.0 Å². The predicted molar refractivity (Wildman–Crippen MR) is 84.9 cm³/mol. The molecular weight excluding hydrogens is 280 g/mol. The van der Waals surface area contributed by atoms with Crippen LogP contribution in [0.1, 0.15) is 0 Å². The van der Waals surface area contributed by atoms with Crippen LogP contribution in [0.2, 0.25) is 0 Å². The van der Waals surface area contributed by atoms with Gasteiger partial charge in [0.25, 0.3) is 0 Å². The smallest absolute Gasteiger partial charge is 0.141 e. The first-order valence-electron chi connectivity index (χ1n) is 6.61. The molecule has 0 fully saturated rings. The molecule has 4 aromatic rings. The van der Waals surface area contributed by atoms with Gasteiger partial charge in [-0.25, -0.2) is 4.98 Å². The lowest BCUT2D eigenvalue weighted by Gasteiger charge is -2.02. The second-order valence-electron chi connectivity index (χ2n) is 4.60. The van der Waals surface area contributed by atoms with E-state index in [1.54, 1.807) is 17.5 Å². The minimum atomic E-state index is 0.825. The zero-order valence-corrected chi connectivity index (χ0v) is 11.9. The zero-order chi connectivity index (χ0) is 14.1. The number of H-pyrrole nitrogens is 2. The molecule has 0 amide bonds. The number of benzene rings is 1. The van der Waals surface area contributed by atoms with Crippen molar-refractivity contribution in [1.29, 1.82) is 0 Å². The van der Waals surface area contributed by atoms with E-state index in [1.165, 1.54) is 0 Å². The maximum atomic E-state index is 4.52. The molecule has 0 aliphatic heterocycles. The molecule has 0 saturated carbocycles. The van der Waals surface area contributed by atoms with Crippen molar-refractivity contribution in [3.05, 3.63) is 60.2 Å². The fraction of sp³-hybridized carbons (Fsp3) is 0. The van der Waals surface area contributed by atoms with Crippen LogP contribution >= 0.6 is 11.3 Å². The van der Waals surface area contributed by atoms with Gasteiger partial charge in [0.1, 0.15) is 11.5 Å². The van der Waals surface area contributed by atoms with Crippen LogP contribution in [-0.4, -0.2) is 20.2 Å². The van der Waals surface area contributed by atoms with Crippen LogP contribution < -0.4 is 0 Å². The number of aromatic nitrogens is 4. The number of nitrogens with one attached hydrogen (secondary N) is 2. The number of aromatic amines is 2. The molecule has 21 heavy (non-hydrogen) atoms. The first-order valence-corrected chi connectivity index (χ1v) is 7.49. The lowest BCUT2D eigenvalue weighted by molar-refractivity contribution is 1.10. The molecule has 0 bridgehead atoms. The molecule has 0 spiro atoms. The molecule has 2 N–H and O–H groups in total. The molecule has 4 nitrogen and oxygen atoms in total. The van der Waals surface area contributed by atoms with Crippen LogP contribution in [0, 0.1) is 0 Å². The first kappa shape index (κ1) is 12.1. The summed E-state index contributed by atoms with van der Waals surface area (Å²) in [5, 5.41) is 9.74. The van der Waals surface area contributed by atoms with Crippen molar-refractivity contribution >= 4 is 11.3 Å². The van der Waals surface area contributed by atoms with Gasteiger partial charge in [0.15, 0.2) is 0 Å². The molecule has 3 aromatic heterocycles. The number of imidazole rings is 1. The Hall–Kier alpha value is -2.66. The van der Waals surface area contributed by atoms with Gasteiger partial charge in [-0.15, -0.1) is 11.3 Å². The molecule has 4 rings (SSSR count). The molecule has 0 radical (unpaired) electrons. The average molecular weight is 292 g/mol. The quantitative estimate of drug-likeness (QED) is 0.594. The van der Waals surface area contributed by atoms with Gasteiger partial charge >= 0.3 is 0 Å². The van der Waals surface area contributed by atoms with Crippen molar-refractivity contribution in [3.63, 3.8) is 0 Å². The Labute approximate surface area is 125 Å². The Kier molecular flexibility index (Phi) is 2.90. The third-order valence-corrected chi connectivity index (χ3v) is 4.20. The summed E-state index contributed by atoms with van der Waals surface area (Å²) in [4.78, 5) is 8.74. The minimum absolute atomic E-state index is 0.825. The van der Waals surface area contributed by atoms with Crippen LogP contribution in [0.25, 0.3) is 33.2 Å². The molecule has 0 atom stereocenters. The second-order valence-corrected chi connectivity index (χ2v) is 5.55. The second kappa shape index (κ2) is 5.03. The Morgan fingerprint density at radius 1 is 1.00 bits per heavy atom.